The normalized spacial score (nSPS) is 21.6. The van der Waals surface area contributed by atoms with Crippen LogP contribution >= 0.6 is 23.1 Å². The molecule has 2 amide bonds. The molecule has 2 fully saturated rings. The van der Waals surface area contributed by atoms with Crippen LogP contribution in [-0.4, -0.2) is 44.3 Å². The molecule has 1 aromatic heterocycles. The Labute approximate surface area is 223 Å². The number of carboxylic acid groups (broad SMARTS) is 1. The number of aliphatic carboxylic acids is 1. The average Bonchev–Trinajstić information content (AvgIpc) is 3.32. The zero-order valence-electron chi connectivity index (χ0n) is 21.3. The Hall–Kier alpha value is -2.06. The van der Waals surface area contributed by atoms with Gasteiger partial charge in [-0.05, 0) is 69.3 Å². The van der Waals surface area contributed by atoms with Crippen molar-refractivity contribution in [3.05, 3.63) is 42.1 Å². The standard InChI is InChI=1S/C28H39N3O3S2/c1-21-13-15-23(16-14-21)31(19-9-6-12-22-10-4-2-5-11-22)27(34)30-26-29-20-24(35-26)36-28(25(32)33)17-7-3-8-18-28/h2,4-5,10-11,20-21,23H,3,6-9,12-19H2,1H3,(H,32,33)(H,29,30,34)/t21-,23-. The van der Waals surface area contributed by atoms with E-state index in [1.807, 2.05) is 11.0 Å². The number of thiazole rings is 1. The summed E-state index contributed by atoms with van der Waals surface area (Å²) < 4.78 is 0.0887. The minimum atomic E-state index is -0.768. The number of nitrogens with zero attached hydrogens (tertiary/aromatic N) is 2. The highest BCUT2D eigenvalue weighted by molar-refractivity contribution is 8.03. The van der Waals surface area contributed by atoms with Crippen molar-refractivity contribution in [2.75, 3.05) is 11.9 Å². The summed E-state index contributed by atoms with van der Waals surface area (Å²) in [6.45, 7) is 3.04. The number of hydrogen-bond acceptors (Lipinski definition) is 5. The maximum absolute atomic E-state index is 13.4. The van der Waals surface area contributed by atoms with E-state index >= 15 is 0 Å². The van der Waals surface area contributed by atoms with Crippen LogP contribution in [0.2, 0.25) is 0 Å². The number of carbonyl (C=O) groups excluding carboxylic acids is 1. The Balaban J connectivity index is 1.36. The van der Waals surface area contributed by atoms with E-state index in [0.717, 1.165) is 80.9 Å². The number of hydrogen-bond donors (Lipinski definition) is 2. The Kier molecular flexibility index (Phi) is 9.71. The van der Waals surface area contributed by atoms with Crippen molar-refractivity contribution < 1.29 is 14.7 Å². The number of urea groups is 1. The topological polar surface area (TPSA) is 82.5 Å². The molecule has 0 radical (unpaired) electrons. The van der Waals surface area contributed by atoms with Gasteiger partial charge >= 0.3 is 12.0 Å². The van der Waals surface area contributed by atoms with Crippen molar-refractivity contribution in [2.45, 2.75) is 99.0 Å². The van der Waals surface area contributed by atoms with Crippen LogP contribution in [-0.2, 0) is 11.2 Å². The van der Waals surface area contributed by atoms with Gasteiger partial charge in [0.25, 0.3) is 0 Å². The molecule has 2 saturated carbocycles. The fourth-order valence-electron chi connectivity index (χ4n) is 5.46. The largest absolute Gasteiger partial charge is 0.480 e. The van der Waals surface area contributed by atoms with E-state index in [9.17, 15) is 14.7 Å². The number of nitrogens with one attached hydrogen (secondary N) is 1. The predicted molar refractivity (Wildman–Crippen MR) is 148 cm³/mol. The second kappa shape index (κ2) is 13.0. The number of amides is 2. The third-order valence-electron chi connectivity index (χ3n) is 7.69. The number of anilines is 1. The van der Waals surface area contributed by atoms with Gasteiger partial charge in [-0.1, -0.05) is 79.6 Å². The third kappa shape index (κ3) is 7.25. The molecule has 1 aromatic carbocycles. The molecule has 196 valence electrons. The number of rotatable bonds is 10. The molecule has 2 aliphatic carbocycles. The average molecular weight is 530 g/mol. The summed E-state index contributed by atoms with van der Waals surface area (Å²) in [7, 11) is 0. The smallest absolute Gasteiger partial charge is 0.323 e. The number of benzene rings is 1. The summed E-state index contributed by atoms with van der Waals surface area (Å²) in [6.07, 6.45) is 13.5. The van der Waals surface area contributed by atoms with E-state index in [0.29, 0.717) is 18.0 Å². The highest BCUT2D eigenvalue weighted by atomic mass is 32.2. The predicted octanol–water partition coefficient (Wildman–Crippen LogP) is 7.46. The van der Waals surface area contributed by atoms with Gasteiger partial charge in [0.15, 0.2) is 5.13 Å². The summed E-state index contributed by atoms with van der Waals surface area (Å²) in [6, 6.07) is 10.7. The second-order valence-corrected chi connectivity index (χ2v) is 13.1. The highest BCUT2D eigenvalue weighted by Crippen LogP contribution is 2.46. The number of aromatic nitrogens is 1. The third-order valence-corrected chi connectivity index (χ3v) is 10.2. The van der Waals surface area contributed by atoms with Gasteiger partial charge < -0.3 is 10.0 Å². The Bertz CT molecular complexity index is 983. The Morgan fingerprint density at radius 2 is 1.83 bits per heavy atom. The SMILES string of the molecule is C[C@H]1CC[C@H](N(CCCCc2ccccc2)C(=O)Nc2ncc(SC3(C(=O)O)CCCCC3)s2)CC1. The first-order valence-corrected chi connectivity index (χ1v) is 15.1. The van der Waals surface area contributed by atoms with Gasteiger partial charge in [-0.25, -0.2) is 9.78 Å². The molecule has 2 N–H and O–H groups in total. The molecule has 2 aromatic rings. The fourth-order valence-corrected chi connectivity index (χ4v) is 7.96. The molecule has 0 aliphatic heterocycles. The zero-order chi connectivity index (χ0) is 25.4. The molecule has 0 spiro atoms. The number of unbranched alkanes of at least 4 members (excludes halogenated alkanes) is 1. The maximum atomic E-state index is 13.4. The van der Waals surface area contributed by atoms with Gasteiger partial charge in [-0.2, -0.15) is 0 Å². The Morgan fingerprint density at radius 3 is 2.53 bits per heavy atom. The maximum Gasteiger partial charge on any atom is 0.323 e. The monoisotopic (exact) mass is 529 g/mol. The lowest BCUT2D eigenvalue weighted by Gasteiger charge is -2.36. The molecule has 4 rings (SSSR count). The van der Waals surface area contributed by atoms with Crippen LogP contribution in [0.1, 0.15) is 83.1 Å². The molecule has 6 nitrogen and oxygen atoms in total. The summed E-state index contributed by atoms with van der Waals surface area (Å²) in [5.41, 5.74) is 1.34. The summed E-state index contributed by atoms with van der Waals surface area (Å²) in [5, 5.41) is 13.5. The van der Waals surface area contributed by atoms with Gasteiger partial charge in [0, 0.05) is 12.6 Å². The first kappa shape index (κ1) is 27.0. The van der Waals surface area contributed by atoms with Gasteiger partial charge in [-0.15, -0.1) is 0 Å². The first-order valence-electron chi connectivity index (χ1n) is 13.4. The minimum Gasteiger partial charge on any atom is -0.480 e. The number of carboxylic acids is 1. The van der Waals surface area contributed by atoms with Gasteiger partial charge in [-0.3, -0.25) is 10.1 Å². The van der Waals surface area contributed by atoms with E-state index in [1.54, 1.807) is 6.20 Å². The lowest BCUT2D eigenvalue weighted by atomic mass is 9.86. The molecule has 0 unspecified atom stereocenters. The molecule has 36 heavy (non-hydrogen) atoms. The Morgan fingerprint density at radius 1 is 1.11 bits per heavy atom. The van der Waals surface area contributed by atoms with Crippen molar-refractivity contribution >= 4 is 40.2 Å². The van der Waals surface area contributed by atoms with E-state index in [-0.39, 0.29) is 12.1 Å². The van der Waals surface area contributed by atoms with Gasteiger partial charge in [0.2, 0.25) is 0 Å². The lowest BCUT2D eigenvalue weighted by Crippen LogP contribution is -2.45. The van der Waals surface area contributed by atoms with E-state index in [2.05, 4.69) is 41.5 Å². The van der Waals surface area contributed by atoms with Crippen LogP contribution in [0.3, 0.4) is 0 Å². The van der Waals surface area contributed by atoms with Crippen LogP contribution in [0.4, 0.5) is 9.93 Å². The summed E-state index contributed by atoms with van der Waals surface area (Å²) >= 11 is 2.80. The van der Waals surface area contributed by atoms with Crippen molar-refractivity contribution in [2.24, 2.45) is 5.92 Å². The van der Waals surface area contributed by atoms with Gasteiger partial charge in [0.1, 0.15) is 4.75 Å². The van der Waals surface area contributed by atoms with Crippen LogP contribution < -0.4 is 5.32 Å². The van der Waals surface area contributed by atoms with Crippen LogP contribution in [0, 0.1) is 5.92 Å². The fraction of sp³-hybridized carbons (Fsp3) is 0.607. The first-order chi connectivity index (χ1) is 17.4. The lowest BCUT2D eigenvalue weighted by molar-refractivity contribution is -0.140. The summed E-state index contributed by atoms with van der Waals surface area (Å²) in [5.74, 6) is -0.0106. The van der Waals surface area contributed by atoms with Crippen molar-refractivity contribution in [3.63, 3.8) is 0 Å². The second-order valence-electron chi connectivity index (χ2n) is 10.4. The molecule has 0 saturated heterocycles. The zero-order valence-corrected chi connectivity index (χ0v) is 22.9. The molecule has 2 aliphatic rings. The molecule has 0 bridgehead atoms. The minimum absolute atomic E-state index is 0.0780. The van der Waals surface area contributed by atoms with Gasteiger partial charge in [0.05, 0.1) is 10.4 Å². The molecule has 8 heteroatoms. The number of aryl methyl sites for hydroxylation is 1. The van der Waals surface area contributed by atoms with Crippen LogP contribution in [0.25, 0.3) is 0 Å². The van der Waals surface area contributed by atoms with Crippen molar-refractivity contribution in [1.29, 1.82) is 0 Å². The van der Waals surface area contributed by atoms with Crippen LogP contribution in [0.5, 0.6) is 0 Å². The summed E-state index contributed by atoms with van der Waals surface area (Å²) in [4.78, 5) is 31.9. The molecular formula is C28H39N3O3S2. The van der Waals surface area contributed by atoms with Crippen molar-refractivity contribution in [3.8, 4) is 0 Å². The van der Waals surface area contributed by atoms with Crippen molar-refractivity contribution in [1.82, 2.24) is 9.88 Å². The van der Waals surface area contributed by atoms with E-state index < -0.39 is 10.7 Å². The molecule has 0 atom stereocenters. The highest BCUT2D eigenvalue weighted by Gasteiger charge is 2.41. The van der Waals surface area contributed by atoms with E-state index in [1.165, 1.54) is 28.7 Å². The molecular weight excluding hydrogens is 490 g/mol. The quantitative estimate of drug-likeness (QED) is 0.312. The number of carbonyl (C=O) groups is 2. The number of thioether (sulfide) groups is 1. The molecule has 1 heterocycles. The van der Waals surface area contributed by atoms with Crippen LogP contribution in [0.15, 0.2) is 40.7 Å². The van der Waals surface area contributed by atoms with E-state index in [4.69, 9.17) is 0 Å².